The molecule has 74 valence electrons. The highest BCUT2D eigenvalue weighted by molar-refractivity contribution is 5.81. The number of aromatic nitrogens is 2. The van der Waals surface area contributed by atoms with Crippen molar-refractivity contribution in [3.05, 3.63) is 40.9 Å². The summed E-state index contributed by atoms with van der Waals surface area (Å²) < 4.78 is 9.87. The standard InChI is InChI=1S/C10H6N2O3/c13-10-11-9(12-15-10)8-5-6-3-1-2-4-7(6)14-8/h1-5H,(H,11,12,13). The lowest BCUT2D eigenvalue weighted by molar-refractivity contribution is 0.386. The van der Waals surface area contributed by atoms with Crippen LogP contribution in [-0.2, 0) is 0 Å². The van der Waals surface area contributed by atoms with Gasteiger partial charge in [0.05, 0.1) is 0 Å². The van der Waals surface area contributed by atoms with Crippen LogP contribution in [-0.4, -0.2) is 10.1 Å². The molecule has 0 amide bonds. The molecule has 15 heavy (non-hydrogen) atoms. The topological polar surface area (TPSA) is 72.0 Å². The average molecular weight is 202 g/mol. The molecule has 2 aromatic heterocycles. The van der Waals surface area contributed by atoms with Gasteiger partial charge in [0.25, 0.3) is 0 Å². The zero-order valence-electron chi connectivity index (χ0n) is 7.56. The van der Waals surface area contributed by atoms with Crippen molar-refractivity contribution in [3.8, 4) is 11.6 Å². The van der Waals surface area contributed by atoms with E-state index in [1.54, 1.807) is 6.07 Å². The molecule has 0 atom stereocenters. The van der Waals surface area contributed by atoms with Gasteiger partial charge in [-0.05, 0) is 12.1 Å². The van der Waals surface area contributed by atoms with Gasteiger partial charge in [0, 0.05) is 5.39 Å². The third-order valence-electron chi connectivity index (χ3n) is 2.10. The average Bonchev–Trinajstić information content (AvgIpc) is 2.82. The summed E-state index contributed by atoms with van der Waals surface area (Å²) >= 11 is 0. The predicted octanol–water partition coefficient (Wildman–Crippen LogP) is 1.78. The van der Waals surface area contributed by atoms with E-state index >= 15 is 0 Å². The van der Waals surface area contributed by atoms with E-state index in [0.717, 1.165) is 11.0 Å². The van der Waals surface area contributed by atoms with Crippen LogP contribution in [0.3, 0.4) is 0 Å². The molecule has 0 radical (unpaired) electrons. The first kappa shape index (κ1) is 8.05. The normalized spacial score (nSPS) is 10.9. The molecule has 0 bridgehead atoms. The number of furan rings is 1. The Morgan fingerprint density at radius 3 is 2.87 bits per heavy atom. The summed E-state index contributed by atoms with van der Waals surface area (Å²) in [5, 5.41) is 4.50. The molecule has 0 spiro atoms. The Hall–Kier alpha value is -2.30. The lowest BCUT2D eigenvalue weighted by Crippen LogP contribution is -1.94. The maximum atomic E-state index is 10.8. The van der Waals surface area contributed by atoms with E-state index < -0.39 is 5.76 Å². The fourth-order valence-corrected chi connectivity index (χ4v) is 1.43. The van der Waals surface area contributed by atoms with Gasteiger partial charge in [-0.15, -0.1) is 0 Å². The van der Waals surface area contributed by atoms with Crippen molar-refractivity contribution < 1.29 is 8.94 Å². The maximum absolute atomic E-state index is 10.8. The van der Waals surface area contributed by atoms with Crippen molar-refractivity contribution in [2.24, 2.45) is 0 Å². The third-order valence-corrected chi connectivity index (χ3v) is 2.10. The Morgan fingerprint density at radius 2 is 2.13 bits per heavy atom. The van der Waals surface area contributed by atoms with Crippen LogP contribution in [0.1, 0.15) is 0 Å². The van der Waals surface area contributed by atoms with Gasteiger partial charge in [0.15, 0.2) is 5.76 Å². The van der Waals surface area contributed by atoms with Crippen LogP contribution < -0.4 is 5.76 Å². The molecule has 3 rings (SSSR count). The fraction of sp³-hybridized carbons (Fsp3) is 0. The lowest BCUT2D eigenvalue weighted by atomic mass is 10.2. The number of benzene rings is 1. The van der Waals surface area contributed by atoms with Crippen molar-refractivity contribution in [1.82, 2.24) is 10.1 Å². The van der Waals surface area contributed by atoms with Crippen molar-refractivity contribution >= 4 is 11.0 Å². The summed E-state index contributed by atoms with van der Waals surface area (Å²) in [5.41, 5.74) is 0.747. The number of fused-ring (bicyclic) bond motifs is 1. The third kappa shape index (κ3) is 1.25. The lowest BCUT2D eigenvalue weighted by Gasteiger charge is -1.84. The minimum Gasteiger partial charge on any atom is -0.453 e. The zero-order chi connectivity index (χ0) is 10.3. The van der Waals surface area contributed by atoms with E-state index in [0.29, 0.717) is 11.6 Å². The van der Waals surface area contributed by atoms with Gasteiger partial charge < -0.3 is 4.42 Å². The molecule has 3 aromatic rings. The summed E-state index contributed by atoms with van der Waals surface area (Å²) in [7, 11) is 0. The number of para-hydroxylation sites is 1. The molecule has 1 N–H and O–H groups in total. The molecule has 0 aliphatic rings. The molecule has 0 saturated carbocycles. The van der Waals surface area contributed by atoms with E-state index in [-0.39, 0.29) is 0 Å². The number of nitrogens with one attached hydrogen (secondary N) is 1. The Labute approximate surface area is 83.3 Å². The molecule has 0 aliphatic heterocycles. The van der Waals surface area contributed by atoms with Gasteiger partial charge in [-0.1, -0.05) is 23.4 Å². The van der Waals surface area contributed by atoms with Crippen LogP contribution >= 0.6 is 0 Å². The number of hydrogen-bond acceptors (Lipinski definition) is 4. The first-order valence-electron chi connectivity index (χ1n) is 4.38. The fourth-order valence-electron chi connectivity index (χ4n) is 1.43. The summed E-state index contributed by atoms with van der Waals surface area (Å²) in [6.07, 6.45) is 0. The minimum atomic E-state index is -0.592. The van der Waals surface area contributed by atoms with Gasteiger partial charge in [-0.25, -0.2) is 4.79 Å². The smallest absolute Gasteiger partial charge is 0.439 e. The Bertz CT molecular complexity index is 629. The zero-order valence-corrected chi connectivity index (χ0v) is 7.56. The second-order valence-corrected chi connectivity index (χ2v) is 3.09. The summed E-state index contributed by atoms with van der Waals surface area (Å²) in [6.45, 7) is 0. The van der Waals surface area contributed by atoms with Gasteiger partial charge in [0.1, 0.15) is 5.58 Å². The number of hydrogen-bond donors (Lipinski definition) is 1. The second-order valence-electron chi connectivity index (χ2n) is 3.09. The second kappa shape index (κ2) is 2.84. The van der Waals surface area contributed by atoms with Crippen LogP contribution in [0.2, 0.25) is 0 Å². The first-order chi connectivity index (χ1) is 7.33. The monoisotopic (exact) mass is 202 g/mol. The summed E-state index contributed by atoms with van der Waals surface area (Å²) in [4.78, 5) is 13.2. The van der Waals surface area contributed by atoms with E-state index in [2.05, 4.69) is 14.7 Å². The van der Waals surface area contributed by atoms with Crippen LogP contribution in [0.15, 0.2) is 44.1 Å². The van der Waals surface area contributed by atoms with Gasteiger partial charge in [-0.3, -0.25) is 9.51 Å². The van der Waals surface area contributed by atoms with Crippen LogP contribution in [0.5, 0.6) is 0 Å². The first-order valence-corrected chi connectivity index (χ1v) is 4.38. The van der Waals surface area contributed by atoms with E-state index in [1.165, 1.54) is 0 Å². The molecule has 0 saturated heterocycles. The molecule has 0 unspecified atom stereocenters. The predicted molar refractivity (Wildman–Crippen MR) is 52.3 cm³/mol. The number of rotatable bonds is 1. The largest absolute Gasteiger partial charge is 0.453 e. The summed E-state index contributed by atoms with van der Waals surface area (Å²) in [6, 6.07) is 9.34. The Kier molecular flexibility index (Phi) is 1.53. The molecular formula is C10H6N2O3. The van der Waals surface area contributed by atoms with Crippen molar-refractivity contribution in [1.29, 1.82) is 0 Å². The van der Waals surface area contributed by atoms with E-state index in [1.807, 2.05) is 24.3 Å². The number of aromatic amines is 1. The summed E-state index contributed by atoms with van der Waals surface area (Å²) in [5.74, 6) is 0.198. The molecular weight excluding hydrogens is 196 g/mol. The highest BCUT2D eigenvalue weighted by Gasteiger charge is 2.09. The molecule has 1 aromatic carbocycles. The molecule has 2 heterocycles. The Morgan fingerprint density at radius 1 is 1.27 bits per heavy atom. The highest BCUT2D eigenvalue weighted by Crippen LogP contribution is 2.24. The highest BCUT2D eigenvalue weighted by atomic mass is 16.5. The number of H-pyrrole nitrogens is 1. The van der Waals surface area contributed by atoms with Crippen LogP contribution in [0.25, 0.3) is 22.6 Å². The van der Waals surface area contributed by atoms with Crippen LogP contribution in [0.4, 0.5) is 0 Å². The van der Waals surface area contributed by atoms with Crippen molar-refractivity contribution in [2.75, 3.05) is 0 Å². The quantitative estimate of drug-likeness (QED) is 0.652. The van der Waals surface area contributed by atoms with Crippen molar-refractivity contribution in [2.45, 2.75) is 0 Å². The molecule has 5 nitrogen and oxygen atoms in total. The van der Waals surface area contributed by atoms with Gasteiger partial charge in [-0.2, -0.15) is 0 Å². The maximum Gasteiger partial charge on any atom is 0.439 e. The SMILES string of the molecule is O=c1[nH]c(-c2cc3ccccc3o2)no1. The minimum absolute atomic E-state index is 0.302. The molecule has 0 aliphatic carbocycles. The van der Waals surface area contributed by atoms with Crippen molar-refractivity contribution in [3.63, 3.8) is 0 Å². The van der Waals surface area contributed by atoms with Gasteiger partial charge >= 0.3 is 5.76 Å². The van der Waals surface area contributed by atoms with E-state index in [4.69, 9.17) is 4.42 Å². The molecule has 5 heteroatoms. The van der Waals surface area contributed by atoms with E-state index in [9.17, 15) is 4.79 Å². The molecule has 0 fully saturated rings. The Balaban J connectivity index is 2.24. The van der Waals surface area contributed by atoms with Crippen LogP contribution in [0, 0.1) is 0 Å². The number of nitrogens with zero attached hydrogens (tertiary/aromatic N) is 1. The van der Waals surface area contributed by atoms with Gasteiger partial charge in [0.2, 0.25) is 5.82 Å².